The van der Waals surface area contributed by atoms with Crippen molar-refractivity contribution in [1.82, 2.24) is 4.99 Å². The molecule has 0 amide bonds. The largest absolute Gasteiger partial charge is 0.496 e. The smallest absolute Gasteiger partial charge is 0.238 e. The lowest BCUT2D eigenvalue weighted by molar-refractivity contribution is -0.109. The number of carbonyl (C=O) groups excluding carboxylic acids is 1. The Morgan fingerprint density at radius 1 is 2.14 bits per heavy atom. The topological polar surface area (TPSA) is 46.2 Å². The van der Waals surface area contributed by atoms with Gasteiger partial charge >= 0.3 is 13.5 Å². The van der Waals surface area contributed by atoms with Crippen LogP contribution in [0.25, 0.3) is 0 Å². The molecule has 0 fully saturated rings. The molecule has 0 aliphatic rings. The Morgan fingerprint density at radius 3 is 2.57 bits per heavy atom. The van der Waals surface area contributed by atoms with Crippen molar-refractivity contribution in [2.75, 3.05) is 0 Å². The van der Waals surface area contributed by atoms with Crippen LogP contribution in [-0.4, -0.2) is 13.5 Å². The highest BCUT2D eigenvalue weighted by Gasteiger charge is 2.17. The first-order valence-corrected chi connectivity index (χ1v) is 2.78. The predicted octanol–water partition coefficient (Wildman–Crippen LogP) is -0.0516. The van der Waals surface area contributed by atoms with Crippen LogP contribution in [0.1, 0.15) is 6.92 Å². The van der Waals surface area contributed by atoms with Crippen LogP contribution in [-0.2, 0) is 9.36 Å². The number of hydrogen-bond donors (Lipinski definition) is 1. The van der Waals surface area contributed by atoms with Crippen LogP contribution in [0.5, 0.6) is 0 Å². The van der Waals surface area contributed by atoms with Crippen LogP contribution in [0.4, 0.5) is 0 Å². The summed E-state index contributed by atoms with van der Waals surface area (Å²) in [4.78, 5) is 10.2. The molecular formula is C2H4BNO2P+. The fraction of sp³-hybridized carbons (Fsp3) is 0.500. The van der Waals surface area contributed by atoms with E-state index >= 15 is 0 Å². The van der Waals surface area contributed by atoms with Gasteiger partial charge in [-0.05, 0) is 4.57 Å². The summed E-state index contributed by atoms with van der Waals surface area (Å²) in [7, 11) is 2.32. The Kier molecular flexibility index (Phi) is 2.04. The number of rotatable bonds is 2. The van der Waals surface area contributed by atoms with Crippen molar-refractivity contribution in [3.05, 3.63) is 0 Å². The van der Waals surface area contributed by atoms with Crippen LogP contribution >= 0.6 is 7.95 Å². The van der Waals surface area contributed by atoms with E-state index in [0.29, 0.717) is 0 Å². The van der Waals surface area contributed by atoms with E-state index in [1.54, 1.807) is 0 Å². The molecule has 0 spiro atoms. The second kappa shape index (κ2) is 2.89. The van der Waals surface area contributed by atoms with Crippen LogP contribution in [0.2, 0.25) is 1.41 Å². The Bertz CT molecular complexity index is 127. The summed E-state index contributed by atoms with van der Waals surface area (Å²) in [6, 6.07) is 0. The zero-order valence-corrected chi connectivity index (χ0v) is 4.68. The van der Waals surface area contributed by atoms with Crippen molar-refractivity contribution in [2.45, 2.75) is 6.92 Å². The van der Waals surface area contributed by atoms with E-state index in [1.807, 2.05) is 0 Å². The van der Waals surface area contributed by atoms with Crippen molar-refractivity contribution in [3.63, 3.8) is 0 Å². The van der Waals surface area contributed by atoms with Gasteiger partial charge in [0, 0.05) is 6.92 Å². The maximum absolute atomic E-state index is 10.3. The van der Waals surface area contributed by atoms with E-state index < -0.39 is 13.5 Å². The van der Waals surface area contributed by atoms with Gasteiger partial charge in [0.05, 0.1) is 0 Å². The molecule has 0 bridgehead atoms. The normalized spacial score (nSPS) is 13.4. The van der Waals surface area contributed by atoms with Gasteiger partial charge in [0.2, 0.25) is 0 Å². The molecule has 3 nitrogen and oxygen atoms in total. The Morgan fingerprint density at radius 2 is 2.57 bits per heavy atom. The molecule has 1 atom stereocenters. The Hall–Kier alpha value is -0.205. The molecule has 1 N–H and O–H groups in total. The van der Waals surface area contributed by atoms with Crippen LogP contribution in [0.3, 0.4) is 0 Å². The SMILES string of the molecule is [2H]N([B])[P+](=O)C(C)=O. The molecule has 0 aliphatic heterocycles. The second-order valence-electron chi connectivity index (χ2n) is 0.907. The maximum atomic E-state index is 10.3. The van der Waals surface area contributed by atoms with Gasteiger partial charge in [0.1, 0.15) is 0 Å². The fourth-order valence-corrected chi connectivity index (χ4v) is 0.244. The molecule has 5 heteroatoms. The van der Waals surface area contributed by atoms with Gasteiger partial charge in [0.15, 0.2) is 1.41 Å². The summed E-state index contributed by atoms with van der Waals surface area (Å²) >= 11 is 0. The molecule has 2 radical (unpaired) electrons. The molecule has 36 valence electrons. The number of carbonyl (C=O) groups is 1. The van der Waals surface area contributed by atoms with E-state index in [0.717, 1.165) is 6.92 Å². The van der Waals surface area contributed by atoms with Crippen LogP contribution in [0, 0.1) is 0 Å². The lowest BCUT2D eigenvalue weighted by atomic mass is 10.5. The summed E-state index contributed by atoms with van der Waals surface area (Å²) < 4.78 is 16.7. The highest BCUT2D eigenvalue weighted by molar-refractivity contribution is 7.62. The quantitative estimate of drug-likeness (QED) is 0.407. The van der Waals surface area contributed by atoms with E-state index in [2.05, 4.69) is 7.98 Å². The van der Waals surface area contributed by atoms with E-state index in [9.17, 15) is 9.36 Å². The summed E-state index contributed by atoms with van der Waals surface area (Å²) in [6.07, 6.45) is 0. The first-order valence-electron chi connectivity index (χ1n) is 2.02. The molecule has 0 aromatic rings. The Balaban J connectivity index is 3.84. The number of hydrogen-bond acceptors (Lipinski definition) is 2. The third-order valence-electron chi connectivity index (χ3n) is 0.374. The highest BCUT2D eigenvalue weighted by Crippen LogP contribution is 2.11. The molecule has 0 aromatic heterocycles. The van der Waals surface area contributed by atoms with E-state index in [1.165, 1.54) is 0 Å². The van der Waals surface area contributed by atoms with Crippen molar-refractivity contribution < 1.29 is 10.8 Å². The van der Waals surface area contributed by atoms with Crippen molar-refractivity contribution in [1.29, 1.82) is 0 Å². The van der Waals surface area contributed by atoms with Gasteiger partial charge in [-0.1, -0.05) is 0 Å². The lowest BCUT2D eigenvalue weighted by Gasteiger charge is -1.68. The minimum Gasteiger partial charge on any atom is -0.238 e. The highest BCUT2D eigenvalue weighted by atomic mass is 31.1. The zero-order valence-electron chi connectivity index (χ0n) is 4.79. The standard InChI is InChI=1S/C2H4BNO2P/c1-2(5)7(6)4-3/h1H3,(H,4,6)/q+1/i/hD. The number of nitrogens with one attached hydrogen (secondary N) is 1. The minimum atomic E-state index is -2.31. The first kappa shape index (κ1) is 4.94. The van der Waals surface area contributed by atoms with Crippen LogP contribution < -0.4 is 4.99 Å². The lowest BCUT2D eigenvalue weighted by Crippen LogP contribution is -1.98. The second-order valence-corrected chi connectivity index (χ2v) is 2.31. The predicted molar refractivity (Wildman–Crippen MR) is 27.2 cm³/mol. The van der Waals surface area contributed by atoms with Crippen LogP contribution in [0.15, 0.2) is 0 Å². The third-order valence-corrected chi connectivity index (χ3v) is 1.12. The summed E-state index contributed by atoms with van der Waals surface area (Å²) in [5, 5.41) is 0. The third kappa shape index (κ3) is 2.49. The van der Waals surface area contributed by atoms with Gasteiger partial charge < -0.3 is 0 Å². The zero-order chi connectivity index (χ0) is 6.73. The van der Waals surface area contributed by atoms with E-state index in [4.69, 9.17) is 1.41 Å². The molecule has 7 heavy (non-hydrogen) atoms. The van der Waals surface area contributed by atoms with Crippen molar-refractivity contribution in [3.8, 4) is 0 Å². The van der Waals surface area contributed by atoms with Gasteiger partial charge in [-0.3, -0.25) is 0 Å². The summed E-state index contributed by atoms with van der Waals surface area (Å²) in [5.41, 5.74) is -0.586. The molecule has 0 saturated heterocycles. The van der Waals surface area contributed by atoms with Gasteiger partial charge in [-0.15, -0.1) is 0 Å². The average molecular weight is 117 g/mol. The Labute approximate surface area is 45.2 Å². The molecular weight excluding hydrogens is 112 g/mol. The van der Waals surface area contributed by atoms with E-state index in [-0.39, 0.29) is 4.99 Å². The monoisotopic (exact) mass is 117 g/mol. The van der Waals surface area contributed by atoms with Gasteiger partial charge in [-0.25, -0.2) is 4.79 Å². The molecule has 1 unspecified atom stereocenters. The van der Waals surface area contributed by atoms with Gasteiger partial charge in [0.25, 0.3) is 7.98 Å². The molecule has 0 heterocycles. The maximum Gasteiger partial charge on any atom is 0.496 e. The average Bonchev–Trinajstić information content (AvgIpc) is 1.64. The molecule has 0 saturated carbocycles. The molecule has 0 aromatic carbocycles. The van der Waals surface area contributed by atoms with Crippen molar-refractivity contribution >= 4 is 21.5 Å². The summed E-state index contributed by atoms with van der Waals surface area (Å²) in [6.45, 7) is 1.12. The molecule has 0 rings (SSSR count). The fourth-order valence-electron chi connectivity index (χ4n) is 0.0813. The summed E-state index contributed by atoms with van der Waals surface area (Å²) in [5.74, 6) is 0. The minimum absolute atomic E-state index is 0.150. The molecule has 0 aliphatic carbocycles. The van der Waals surface area contributed by atoms with Crippen molar-refractivity contribution in [2.24, 2.45) is 0 Å². The first-order chi connectivity index (χ1) is 3.55. The van der Waals surface area contributed by atoms with Gasteiger partial charge in [-0.2, -0.15) is 4.99 Å².